The molecule has 13 heavy (non-hydrogen) atoms. The van der Waals surface area contributed by atoms with Gasteiger partial charge >= 0.3 is 0 Å². The highest BCUT2D eigenvalue weighted by molar-refractivity contribution is 5.80. The first kappa shape index (κ1) is 8.24. The minimum absolute atomic E-state index is 1.08. The molecule has 0 amide bonds. The molecule has 2 rings (SSSR count). The van der Waals surface area contributed by atoms with E-state index in [4.69, 9.17) is 0 Å². The molecule has 0 unspecified atom stereocenters. The molecule has 1 heteroatoms. The zero-order valence-electron chi connectivity index (χ0n) is 8.12. The highest BCUT2D eigenvalue weighted by Gasteiger charge is 2.05. The van der Waals surface area contributed by atoms with Crippen LogP contribution in [0.4, 0.5) is 0 Å². The van der Waals surface area contributed by atoms with Crippen molar-refractivity contribution >= 4 is 10.8 Å². The Bertz CT molecular complexity index is 432. The van der Waals surface area contributed by atoms with E-state index in [1.807, 2.05) is 0 Å². The van der Waals surface area contributed by atoms with Crippen LogP contribution in [0.5, 0.6) is 0 Å². The number of benzene rings is 1. The van der Waals surface area contributed by atoms with Crippen LogP contribution < -0.4 is 4.57 Å². The fourth-order valence-corrected chi connectivity index (χ4v) is 1.68. The minimum Gasteiger partial charge on any atom is -0.205 e. The first-order valence-corrected chi connectivity index (χ1v) is 4.68. The summed E-state index contributed by atoms with van der Waals surface area (Å²) in [4.78, 5) is 0. The third-order valence-corrected chi connectivity index (χ3v) is 2.47. The summed E-state index contributed by atoms with van der Waals surface area (Å²) in [6.45, 7) is 2.18. The minimum atomic E-state index is 1.08. The van der Waals surface area contributed by atoms with Crippen molar-refractivity contribution in [2.45, 2.75) is 13.3 Å². The lowest BCUT2D eigenvalue weighted by Gasteiger charge is -1.99. The average Bonchev–Trinajstić information content (AvgIpc) is 2.17. The summed E-state index contributed by atoms with van der Waals surface area (Å²) >= 11 is 0. The van der Waals surface area contributed by atoms with Gasteiger partial charge in [-0.15, -0.1) is 0 Å². The molecule has 0 aliphatic rings. The van der Waals surface area contributed by atoms with Crippen molar-refractivity contribution in [3.63, 3.8) is 0 Å². The highest BCUT2D eigenvalue weighted by Crippen LogP contribution is 2.11. The van der Waals surface area contributed by atoms with E-state index in [1.54, 1.807) is 0 Å². The molecular formula is C12H14N+. The number of pyridine rings is 1. The third-order valence-electron chi connectivity index (χ3n) is 2.47. The van der Waals surface area contributed by atoms with E-state index in [1.165, 1.54) is 16.5 Å². The number of rotatable bonds is 1. The van der Waals surface area contributed by atoms with E-state index in [0.717, 1.165) is 6.42 Å². The fraction of sp³-hybridized carbons (Fsp3) is 0.250. The van der Waals surface area contributed by atoms with Gasteiger partial charge in [-0.3, -0.25) is 0 Å². The van der Waals surface area contributed by atoms with Gasteiger partial charge in [-0.2, -0.15) is 0 Å². The van der Waals surface area contributed by atoms with Crippen molar-refractivity contribution in [3.05, 3.63) is 42.2 Å². The number of hydrogen-bond acceptors (Lipinski definition) is 0. The lowest BCUT2D eigenvalue weighted by Crippen LogP contribution is -2.32. The van der Waals surface area contributed by atoms with Crippen molar-refractivity contribution in [3.8, 4) is 0 Å². The van der Waals surface area contributed by atoms with Crippen LogP contribution >= 0.6 is 0 Å². The second-order valence-corrected chi connectivity index (χ2v) is 3.36. The molecule has 0 saturated heterocycles. The van der Waals surface area contributed by atoms with Crippen LogP contribution in [-0.2, 0) is 13.5 Å². The molecule has 0 spiro atoms. The average molecular weight is 172 g/mol. The van der Waals surface area contributed by atoms with Gasteiger partial charge in [0.25, 0.3) is 0 Å². The van der Waals surface area contributed by atoms with Crippen LogP contribution in [0.3, 0.4) is 0 Å². The Morgan fingerprint density at radius 1 is 1.15 bits per heavy atom. The summed E-state index contributed by atoms with van der Waals surface area (Å²) in [7, 11) is 2.10. The van der Waals surface area contributed by atoms with E-state index < -0.39 is 0 Å². The smallest absolute Gasteiger partial charge is 0.181 e. The maximum Gasteiger partial charge on any atom is 0.181 e. The first-order chi connectivity index (χ1) is 6.31. The van der Waals surface area contributed by atoms with Gasteiger partial charge in [0.2, 0.25) is 0 Å². The number of hydrogen-bond donors (Lipinski definition) is 0. The van der Waals surface area contributed by atoms with Gasteiger partial charge in [0, 0.05) is 17.9 Å². The molecule has 0 bridgehead atoms. The Kier molecular flexibility index (Phi) is 2.01. The summed E-state index contributed by atoms with van der Waals surface area (Å²) in [5, 5.41) is 2.64. The van der Waals surface area contributed by atoms with Gasteiger partial charge in [-0.25, -0.2) is 4.57 Å². The molecule has 0 aliphatic carbocycles. The summed E-state index contributed by atoms with van der Waals surface area (Å²) < 4.78 is 2.20. The monoisotopic (exact) mass is 172 g/mol. The molecule has 1 aromatic carbocycles. The molecule has 66 valence electrons. The van der Waals surface area contributed by atoms with Crippen LogP contribution in [0.1, 0.15) is 12.6 Å². The molecule has 0 saturated carbocycles. The zero-order chi connectivity index (χ0) is 9.26. The summed E-state index contributed by atoms with van der Waals surface area (Å²) in [5.41, 5.74) is 1.37. The van der Waals surface area contributed by atoms with Crippen molar-refractivity contribution in [1.82, 2.24) is 0 Å². The normalized spacial score (nSPS) is 10.6. The molecule has 1 heterocycles. The molecular weight excluding hydrogens is 158 g/mol. The molecule has 0 aliphatic heterocycles. The number of nitrogens with zero attached hydrogens (tertiary/aromatic N) is 1. The van der Waals surface area contributed by atoms with Gasteiger partial charge in [-0.1, -0.05) is 25.1 Å². The molecule has 1 aromatic heterocycles. The van der Waals surface area contributed by atoms with Crippen LogP contribution in [-0.4, -0.2) is 0 Å². The number of fused-ring (bicyclic) bond motifs is 1. The number of aromatic nitrogens is 1. The van der Waals surface area contributed by atoms with E-state index in [2.05, 4.69) is 55.1 Å². The molecule has 1 nitrogen and oxygen atoms in total. The van der Waals surface area contributed by atoms with Gasteiger partial charge < -0.3 is 0 Å². The summed E-state index contributed by atoms with van der Waals surface area (Å²) in [5.74, 6) is 0. The van der Waals surface area contributed by atoms with Crippen LogP contribution in [0.2, 0.25) is 0 Å². The lowest BCUT2D eigenvalue weighted by molar-refractivity contribution is -0.677. The molecule has 2 aromatic rings. The maximum atomic E-state index is 2.26. The fourth-order valence-electron chi connectivity index (χ4n) is 1.68. The van der Waals surface area contributed by atoms with Crippen LogP contribution in [0.25, 0.3) is 10.8 Å². The number of aryl methyl sites for hydroxylation is 2. The topological polar surface area (TPSA) is 3.88 Å². The predicted molar refractivity (Wildman–Crippen MR) is 54.5 cm³/mol. The van der Waals surface area contributed by atoms with Gasteiger partial charge in [0.1, 0.15) is 7.05 Å². The van der Waals surface area contributed by atoms with Crippen LogP contribution in [0.15, 0.2) is 36.5 Å². The highest BCUT2D eigenvalue weighted by atomic mass is 14.9. The Labute approximate surface area is 78.6 Å². The Balaban J connectivity index is 2.74. The Hall–Kier alpha value is -1.37. The van der Waals surface area contributed by atoms with Crippen molar-refractivity contribution in [1.29, 1.82) is 0 Å². The Morgan fingerprint density at radius 2 is 1.85 bits per heavy atom. The van der Waals surface area contributed by atoms with Crippen LogP contribution in [0, 0.1) is 0 Å². The molecule has 0 atom stereocenters. The predicted octanol–water partition coefficient (Wildman–Crippen LogP) is 2.23. The van der Waals surface area contributed by atoms with E-state index in [-0.39, 0.29) is 0 Å². The largest absolute Gasteiger partial charge is 0.205 e. The molecule has 0 N–H and O–H groups in total. The standard InChI is InChI=1S/C12H14N/c1-3-12-8-10-6-4-5-7-11(10)9-13(12)2/h4-9H,3H2,1-2H3/q+1. The van der Waals surface area contributed by atoms with Gasteiger partial charge in [-0.05, 0) is 11.5 Å². The third kappa shape index (κ3) is 1.42. The Morgan fingerprint density at radius 3 is 2.54 bits per heavy atom. The van der Waals surface area contributed by atoms with Crippen molar-refractivity contribution in [2.75, 3.05) is 0 Å². The lowest BCUT2D eigenvalue weighted by atomic mass is 10.1. The van der Waals surface area contributed by atoms with E-state index in [9.17, 15) is 0 Å². The molecule has 0 fully saturated rings. The SMILES string of the molecule is CCc1cc2ccccc2c[n+]1C. The zero-order valence-corrected chi connectivity index (χ0v) is 8.12. The second kappa shape index (κ2) is 3.17. The second-order valence-electron chi connectivity index (χ2n) is 3.36. The van der Waals surface area contributed by atoms with Crippen molar-refractivity contribution < 1.29 is 4.57 Å². The molecule has 0 radical (unpaired) electrons. The maximum absolute atomic E-state index is 2.26. The van der Waals surface area contributed by atoms with E-state index >= 15 is 0 Å². The van der Waals surface area contributed by atoms with Gasteiger partial charge in [0.05, 0.1) is 0 Å². The van der Waals surface area contributed by atoms with E-state index in [0.29, 0.717) is 0 Å². The summed E-state index contributed by atoms with van der Waals surface area (Å²) in [6.07, 6.45) is 3.27. The van der Waals surface area contributed by atoms with Crippen molar-refractivity contribution in [2.24, 2.45) is 7.05 Å². The van der Waals surface area contributed by atoms with Gasteiger partial charge in [0.15, 0.2) is 11.9 Å². The summed E-state index contributed by atoms with van der Waals surface area (Å²) in [6, 6.07) is 10.7. The quantitative estimate of drug-likeness (QED) is 0.581. The first-order valence-electron chi connectivity index (χ1n) is 4.68.